The van der Waals surface area contributed by atoms with E-state index in [-0.39, 0.29) is 30.7 Å². The van der Waals surface area contributed by atoms with Crippen LogP contribution in [0.5, 0.6) is 5.88 Å². The van der Waals surface area contributed by atoms with Crippen molar-refractivity contribution < 1.29 is 27.8 Å². The Morgan fingerprint density at radius 3 is 2.56 bits per heavy atom. The van der Waals surface area contributed by atoms with E-state index in [0.29, 0.717) is 46.8 Å². The van der Waals surface area contributed by atoms with Gasteiger partial charge in [-0.15, -0.1) is 0 Å². The van der Waals surface area contributed by atoms with Gasteiger partial charge in [0, 0.05) is 42.5 Å². The molecule has 6 rings (SSSR count). The van der Waals surface area contributed by atoms with Gasteiger partial charge in [0.25, 0.3) is 5.92 Å². The topological polar surface area (TPSA) is 101 Å². The Hall–Kier alpha value is -5.17. The maximum Gasteiger partial charge on any atom is 0.335 e. The molecule has 1 N–H and O–H groups in total. The van der Waals surface area contributed by atoms with Crippen LogP contribution in [0, 0.1) is 23.1 Å². The first kappa shape index (κ1) is 28.0. The highest BCUT2D eigenvalue weighted by molar-refractivity contribution is 5.92. The van der Waals surface area contributed by atoms with Crippen molar-refractivity contribution in [3.63, 3.8) is 0 Å². The average Bonchev–Trinajstić information content (AvgIpc) is 3.34. The second kappa shape index (κ2) is 11.2. The van der Waals surface area contributed by atoms with Crippen molar-refractivity contribution in [1.29, 1.82) is 5.26 Å². The largest absolute Gasteiger partial charge is 0.478 e. The number of nitriles is 1. The smallest absolute Gasteiger partial charge is 0.335 e. The van der Waals surface area contributed by atoms with Gasteiger partial charge in [-0.2, -0.15) is 5.26 Å². The van der Waals surface area contributed by atoms with Crippen molar-refractivity contribution in [2.75, 3.05) is 0 Å². The van der Waals surface area contributed by atoms with Gasteiger partial charge in [-0.25, -0.2) is 27.9 Å². The number of carbonyl (C=O) groups is 1. The number of aromatic nitrogens is 3. The zero-order valence-corrected chi connectivity index (χ0v) is 22.8. The number of nitrogens with zero attached hydrogens (tertiary/aromatic N) is 4. The predicted octanol–water partition coefficient (Wildman–Crippen LogP) is 7.02. The number of benzene rings is 3. The highest BCUT2D eigenvalue weighted by Crippen LogP contribution is 2.44. The lowest BCUT2D eigenvalue weighted by Gasteiger charge is -2.36. The Morgan fingerprint density at radius 2 is 1.88 bits per heavy atom. The zero-order valence-electron chi connectivity index (χ0n) is 22.8. The van der Waals surface area contributed by atoms with Gasteiger partial charge in [-0.1, -0.05) is 36.4 Å². The molecule has 3 aromatic carbocycles. The molecule has 1 saturated carbocycles. The van der Waals surface area contributed by atoms with E-state index >= 15 is 0 Å². The van der Waals surface area contributed by atoms with Crippen LogP contribution in [-0.2, 0) is 19.6 Å². The maximum absolute atomic E-state index is 14.2. The fraction of sp³-hybridized carbons (Fsp3) is 0.212. The molecular weight excluding hydrogens is 557 g/mol. The highest BCUT2D eigenvalue weighted by Gasteiger charge is 2.48. The van der Waals surface area contributed by atoms with Crippen LogP contribution >= 0.6 is 0 Å². The first-order valence-corrected chi connectivity index (χ1v) is 13.7. The molecule has 0 amide bonds. The van der Waals surface area contributed by atoms with Crippen LogP contribution in [0.3, 0.4) is 0 Å². The van der Waals surface area contributed by atoms with Crippen LogP contribution in [0.25, 0.3) is 22.3 Å². The molecule has 0 aliphatic heterocycles. The Bertz CT molecular complexity index is 1880. The number of ether oxygens (including phenoxy) is 1. The Labute approximate surface area is 244 Å². The number of fused-ring (bicyclic) bond motifs is 1. The van der Waals surface area contributed by atoms with Gasteiger partial charge in [0.15, 0.2) is 0 Å². The SMILES string of the molecule is N#Cc1ccc(COc2cccc(-c3ccc(Cc4nc5ccc(C(=O)O)cc5n4C[C@H]4CCC4(F)F)cc3)n2)c(F)c1. The molecule has 0 spiro atoms. The highest BCUT2D eigenvalue weighted by atomic mass is 19.3. The molecule has 2 heterocycles. The molecule has 1 fully saturated rings. The normalized spacial score (nSPS) is 15.5. The van der Waals surface area contributed by atoms with Crippen molar-refractivity contribution in [2.45, 2.75) is 38.3 Å². The average molecular weight is 583 g/mol. The summed E-state index contributed by atoms with van der Waals surface area (Å²) in [6, 6.07) is 23.5. The maximum atomic E-state index is 14.2. The van der Waals surface area contributed by atoms with Crippen LogP contribution < -0.4 is 4.74 Å². The van der Waals surface area contributed by atoms with E-state index in [1.807, 2.05) is 36.4 Å². The van der Waals surface area contributed by atoms with E-state index in [0.717, 1.165) is 17.2 Å². The molecule has 0 radical (unpaired) electrons. The van der Waals surface area contributed by atoms with Crippen LogP contribution in [0.2, 0.25) is 0 Å². The first-order valence-electron chi connectivity index (χ1n) is 13.7. The third-order valence-corrected chi connectivity index (χ3v) is 7.79. The van der Waals surface area contributed by atoms with Crippen molar-refractivity contribution in [1.82, 2.24) is 14.5 Å². The van der Waals surface area contributed by atoms with Crippen molar-refractivity contribution >= 4 is 17.0 Å². The molecular formula is C33H25F3N4O3. The Kier molecular flexibility index (Phi) is 7.32. The minimum atomic E-state index is -2.75. The lowest BCUT2D eigenvalue weighted by molar-refractivity contribution is -0.137. The lowest BCUT2D eigenvalue weighted by Crippen LogP contribution is -2.41. The van der Waals surface area contributed by atoms with Crippen molar-refractivity contribution in [3.05, 3.63) is 113 Å². The van der Waals surface area contributed by atoms with E-state index in [4.69, 9.17) is 10.00 Å². The summed E-state index contributed by atoms with van der Waals surface area (Å²) in [6.45, 7) is 0.0117. The number of alkyl halides is 2. The van der Waals surface area contributed by atoms with E-state index in [1.54, 1.807) is 22.8 Å². The molecule has 1 aliphatic rings. The third kappa shape index (κ3) is 5.79. The minimum Gasteiger partial charge on any atom is -0.478 e. The Morgan fingerprint density at radius 1 is 1.07 bits per heavy atom. The number of rotatable bonds is 9. The number of imidazole rings is 1. The standard InChI is InChI=1S/C33H25F3N4O3/c34-26-14-21(17-37)6-9-24(26)19-43-31-3-1-2-27(39-31)22-7-4-20(5-8-22)15-30-38-28-11-10-23(32(41)42)16-29(28)40(30)18-25-12-13-33(25,35)36/h1-11,14,16,25H,12-13,15,18-19H2,(H,41,42)/t25-/m1/s1. The minimum absolute atomic E-state index is 0.0469. The van der Waals surface area contributed by atoms with Gasteiger partial charge in [0.1, 0.15) is 18.2 Å². The third-order valence-electron chi connectivity index (χ3n) is 7.79. The van der Waals surface area contributed by atoms with E-state index in [1.165, 1.54) is 24.3 Å². The molecule has 0 unspecified atom stereocenters. The number of hydrogen-bond acceptors (Lipinski definition) is 5. The molecule has 10 heteroatoms. The lowest BCUT2D eigenvalue weighted by atomic mass is 9.80. The Balaban J connectivity index is 1.21. The molecule has 43 heavy (non-hydrogen) atoms. The molecule has 5 aromatic rings. The fourth-order valence-corrected chi connectivity index (χ4v) is 5.17. The molecule has 216 valence electrons. The second-order valence-electron chi connectivity index (χ2n) is 10.6. The van der Waals surface area contributed by atoms with Crippen molar-refractivity contribution in [3.8, 4) is 23.2 Å². The molecule has 0 bridgehead atoms. The summed E-state index contributed by atoms with van der Waals surface area (Å²) in [6.07, 6.45) is 0.619. The number of hydrogen-bond donors (Lipinski definition) is 1. The van der Waals surface area contributed by atoms with E-state index < -0.39 is 23.6 Å². The van der Waals surface area contributed by atoms with Crippen LogP contribution in [-0.4, -0.2) is 31.5 Å². The number of halogens is 3. The number of pyridine rings is 1. The van der Waals surface area contributed by atoms with Crippen molar-refractivity contribution in [2.24, 2.45) is 5.92 Å². The van der Waals surface area contributed by atoms with Crippen LogP contribution in [0.4, 0.5) is 13.2 Å². The molecule has 1 aliphatic carbocycles. The zero-order chi connectivity index (χ0) is 30.1. The summed E-state index contributed by atoms with van der Waals surface area (Å²) in [5.74, 6) is -4.30. The molecule has 2 aromatic heterocycles. The van der Waals surface area contributed by atoms with Gasteiger partial charge in [-0.3, -0.25) is 0 Å². The monoisotopic (exact) mass is 582 g/mol. The molecule has 7 nitrogen and oxygen atoms in total. The first-order chi connectivity index (χ1) is 20.7. The van der Waals surface area contributed by atoms with Crippen LogP contribution in [0.15, 0.2) is 78.9 Å². The number of aromatic carboxylic acids is 1. The quantitative estimate of drug-likeness (QED) is 0.200. The molecule has 1 atom stereocenters. The summed E-state index contributed by atoms with van der Waals surface area (Å²) < 4.78 is 50.1. The summed E-state index contributed by atoms with van der Waals surface area (Å²) in [5, 5.41) is 18.4. The van der Waals surface area contributed by atoms with Gasteiger partial charge in [0.05, 0.1) is 33.9 Å². The number of carboxylic acids is 1. The summed E-state index contributed by atoms with van der Waals surface area (Å²) in [7, 11) is 0. The fourth-order valence-electron chi connectivity index (χ4n) is 5.17. The van der Waals surface area contributed by atoms with E-state index in [2.05, 4.69) is 9.97 Å². The second-order valence-corrected chi connectivity index (χ2v) is 10.6. The summed E-state index contributed by atoms with van der Waals surface area (Å²) in [4.78, 5) is 20.8. The summed E-state index contributed by atoms with van der Waals surface area (Å²) >= 11 is 0. The predicted molar refractivity (Wildman–Crippen MR) is 152 cm³/mol. The number of carboxylic acid groups (broad SMARTS) is 1. The van der Waals surface area contributed by atoms with Gasteiger partial charge in [0.2, 0.25) is 5.88 Å². The van der Waals surface area contributed by atoms with E-state index in [9.17, 15) is 23.1 Å². The van der Waals surface area contributed by atoms with Crippen LogP contribution in [0.1, 0.15) is 45.7 Å². The summed E-state index contributed by atoms with van der Waals surface area (Å²) in [5.41, 5.74) is 4.04. The van der Waals surface area contributed by atoms with Gasteiger partial charge < -0.3 is 14.4 Å². The van der Waals surface area contributed by atoms with Gasteiger partial charge in [-0.05, 0) is 48.4 Å². The van der Waals surface area contributed by atoms with Gasteiger partial charge >= 0.3 is 5.97 Å². The molecule has 0 saturated heterocycles.